The van der Waals surface area contributed by atoms with Crippen LogP contribution in [0.2, 0.25) is 0 Å². The molecule has 1 aliphatic rings. The van der Waals surface area contributed by atoms with Gasteiger partial charge in [0.05, 0.1) is 0 Å². The number of piperidine rings is 1. The highest BCUT2D eigenvalue weighted by atomic mass is 19.4. The number of halogens is 3. The van der Waals surface area contributed by atoms with Crippen molar-refractivity contribution in [1.29, 1.82) is 0 Å². The van der Waals surface area contributed by atoms with E-state index in [1.807, 2.05) is 0 Å². The first-order chi connectivity index (χ1) is 12.4. The number of anilines is 1. The molecule has 1 fully saturated rings. The Bertz CT molecular complexity index is 760. The average molecular weight is 369 g/mol. The van der Waals surface area contributed by atoms with Crippen molar-refractivity contribution in [2.75, 3.05) is 18.4 Å². The zero-order valence-corrected chi connectivity index (χ0v) is 13.8. The third kappa shape index (κ3) is 3.96. The summed E-state index contributed by atoms with van der Waals surface area (Å²) in [5, 5.41) is 6.09. The minimum absolute atomic E-state index is 0.0168. The number of aromatic nitrogens is 2. The number of nitrogens with zero attached hydrogens (tertiary/aromatic N) is 3. The van der Waals surface area contributed by atoms with Crippen LogP contribution < -0.4 is 11.1 Å². The van der Waals surface area contributed by atoms with Crippen molar-refractivity contribution in [3.05, 3.63) is 30.2 Å². The standard InChI is InChI=1S/C16H18F3N5O2/c17-16(18,19)14-22-13(23-26-14)10-4-6-11(7-5-10)21-15(25)24-8-2-1-3-12(24)9-20/h4-7,12H,1-3,8-9,20H2,(H,21,25). The maximum Gasteiger partial charge on any atom is 0.471 e. The minimum atomic E-state index is -4.69. The number of carbonyl (C=O) groups is 1. The maximum absolute atomic E-state index is 12.5. The quantitative estimate of drug-likeness (QED) is 0.866. The van der Waals surface area contributed by atoms with E-state index in [0.29, 0.717) is 24.3 Å². The van der Waals surface area contributed by atoms with Crippen LogP contribution in [-0.4, -0.2) is 40.2 Å². The normalized spacial score (nSPS) is 18.0. The zero-order valence-electron chi connectivity index (χ0n) is 13.8. The molecule has 140 valence electrons. The Morgan fingerprint density at radius 1 is 1.31 bits per heavy atom. The van der Waals surface area contributed by atoms with Gasteiger partial charge in [0.25, 0.3) is 0 Å². The summed E-state index contributed by atoms with van der Waals surface area (Å²) >= 11 is 0. The van der Waals surface area contributed by atoms with Crippen LogP contribution >= 0.6 is 0 Å². The van der Waals surface area contributed by atoms with Crippen LogP contribution in [-0.2, 0) is 6.18 Å². The molecule has 26 heavy (non-hydrogen) atoms. The number of urea groups is 1. The smallest absolute Gasteiger partial charge is 0.329 e. The van der Waals surface area contributed by atoms with Crippen LogP contribution in [0.1, 0.15) is 25.2 Å². The van der Waals surface area contributed by atoms with E-state index in [4.69, 9.17) is 5.73 Å². The van der Waals surface area contributed by atoms with Crippen molar-refractivity contribution in [3.63, 3.8) is 0 Å². The van der Waals surface area contributed by atoms with E-state index in [1.54, 1.807) is 17.0 Å². The first-order valence-electron chi connectivity index (χ1n) is 8.17. The topological polar surface area (TPSA) is 97.3 Å². The Labute approximate surface area is 147 Å². The van der Waals surface area contributed by atoms with E-state index in [9.17, 15) is 18.0 Å². The molecule has 2 heterocycles. The van der Waals surface area contributed by atoms with Crippen LogP contribution in [0, 0.1) is 0 Å². The van der Waals surface area contributed by atoms with Gasteiger partial charge in [-0.25, -0.2) is 4.79 Å². The first-order valence-corrected chi connectivity index (χ1v) is 8.17. The molecule has 0 radical (unpaired) electrons. The third-order valence-electron chi connectivity index (χ3n) is 4.22. The Kier molecular flexibility index (Phi) is 5.12. The fourth-order valence-corrected chi connectivity index (χ4v) is 2.87. The molecule has 0 aliphatic carbocycles. The predicted octanol–water partition coefficient (Wildman–Crippen LogP) is 3.10. The number of benzene rings is 1. The molecule has 1 aromatic heterocycles. The van der Waals surface area contributed by atoms with E-state index in [0.717, 1.165) is 19.3 Å². The number of amides is 2. The summed E-state index contributed by atoms with van der Waals surface area (Å²) in [6.07, 6.45) is -1.83. The molecule has 1 atom stereocenters. The number of carbonyl (C=O) groups excluding carboxylic acids is 1. The van der Waals surface area contributed by atoms with Gasteiger partial charge < -0.3 is 20.5 Å². The van der Waals surface area contributed by atoms with Crippen LogP contribution in [0.15, 0.2) is 28.8 Å². The lowest BCUT2D eigenvalue weighted by Gasteiger charge is -2.34. The Balaban J connectivity index is 1.68. The summed E-state index contributed by atoms with van der Waals surface area (Å²) in [5.41, 5.74) is 6.58. The molecule has 3 N–H and O–H groups in total. The molecule has 1 unspecified atom stereocenters. The lowest BCUT2D eigenvalue weighted by molar-refractivity contribution is -0.159. The fourth-order valence-electron chi connectivity index (χ4n) is 2.87. The lowest BCUT2D eigenvalue weighted by Crippen LogP contribution is -2.49. The van der Waals surface area contributed by atoms with E-state index in [-0.39, 0.29) is 17.9 Å². The first kappa shape index (κ1) is 18.2. The highest BCUT2D eigenvalue weighted by Gasteiger charge is 2.38. The molecule has 1 saturated heterocycles. The molecule has 2 aromatic rings. The second-order valence-corrected chi connectivity index (χ2v) is 6.01. The summed E-state index contributed by atoms with van der Waals surface area (Å²) < 4.78 is 41.7. The van der Waals surface area contributed by atoms with Gasteiger partial charge in [-0.1, -0.05) is 5.16 Å². The summed E-state index contributed by atoms with van der Waals surface area (Å²) in [7, 11) is 0. The third-order valence-corrected chi connectivity index (χ3v) is 4.22. The number of likely N-dealkylation sites (tertiary alicyclic amines) is 1. The molecule has 10 heteroatoms. The van der Waals surface area contributed by atoms with Crippen molar-refractivity contribution in [3.8, 4) is 11.4 Å². The number of rotatable bonds is 3. The SMILES string of the molecule is NCC1CCCCN1C(=O)Nc1ccc(-c2noc(C(F)(F)F)n2)cc1. The molecular formula is C16H18F3N5O2. The molecule has 0 bridgehead atoms. The molecular weight excluding hydrogens is 351 g/mol. The van der Waals surface area contributed by atoms with Gasteiger partial charge in [-0.15, -0.1) is 0 Å². The van der Waals surface area contributed by atoms with Gasteiger partial charge >= 0.3 is 18.1 Å². The fraction of sp³-hybridized carbons (Fsp3) is 0.438. The number of nitrogens with two attached hydrogens (primary N) is 1. The van der Waals surface area contributed by atoms with Crippen molar-refractivity contribution in [2.24, 2.45) is 5.73 Å². The summed E-state index contributed by atoms with van der Waals surface area (Å²) in [6.45, 7) is 1.06. The zero-order chi connectivity index (χ0) is 18.7. The van der Waals surface area contributed by atoms with E-state index >= 15 is 0 Å². The maximum atomic E-state index is 12.5. The van der Waals surface area contributed by atoms with Gasteiger partial charge in [-0.05, 0) is 43.5 Å². The molecule has 3 rings (SSSR count). The van der Waals surface area contributed by atoms with Crippen molar-refractivity contribution in [2.45, 2.75) is 31.5 Å². The Morgan fingerprint density at radius 3 is 2.65 bits per heavy atom. The van der Waals surface area contributed by atoms with E-state index in [1.165, 1.54) is 12.1 Å². The summed E-state index contributed by atoms with van der Waals surface area (Å²) in [5.74, 6) is -1.57. The molecule has 1 aliphatic heterocycles. The second-order valence-electron chi connectivity index (χ2n) is 6.01. The van der Waals surface area contributed by atoms with Gasteiger partial charge in [0.2, 0.25) is 5.82 Å². The van der Waals surface area contributed by atoms with Gasteiger partial charge in [-0.3, -0.25) is 0 Å². The van der Waals surface area contributed by atoms with Crippen molar-refractivity contribution >= 4 is 11.7 Å². The Hall–Kier alpha value is -2.62. The number of hydrogen-bond acceptors (Lipinski definition) is 5. The van der Waals surface area contributed by atoms with E-state index < -0.39 is 12.1 Å². The molecule has 7 nitrogen and oxygen atoms in total. The number of hydrogen-bond donors (Lipinski definition) is 2. The monoisotopic (exact) mass is 369 g/mol. The van der Waals surface area contributed by atoms with Gasteiger partial charge in [-0.2, -0.15) is 18.2 Å². The van der Waals surface area contributed by atoms with Gasteiger partial charge in [0.15, 0.2) is 0 Å². The molecule has 1 aromatic carbocycles. The highest BCUT2D eigenvalue weighted by Crippen LogP contribution is 2.29. The van der Waals surface area contributed by atoms with Crippen LogP contribution in [0.25, 0.3) is 11.4 Å². The minimum Gasteiger partial charge on any atom is -0.329 e. The number of alkyl halides is 3. The highest BCUT2D eigenvalue weighted by molar-refractivity contribution is 5.89. The van der Waals surface area contributed by atoms with E-state index in [2.05, 4.69) is 20.0 Å². The van der Waals surface area contributed by atoms with Crippen LogP contribution in [0.4, 0.5) is 23.7 Å². The van der Waals surface area contributed by atoms with Crippen molar-refractivity contribution in [1.82, 2.24) is 15.0 Å². The molecule has 0 spiro atoms. The average Bonchev–Trinajstić information content (AvgIpc) is 3.13. The van der Waals surface area contributed by atoms with Gasteiger partial charge in [0, 0.05) is 30.4 Å². The van der Waals surface area contributed by atoms with Gasteiger partial charge in [0.1, 0.15) is 0 Å². The van der Waals surface area contributed by atoms with Crippen molar-refractivity contribution < 1.29 is 22.5 Å². The van der Waals surface area contributed by atoms with Crippen LogP contribution in [0.3, 0.4) is 0 Å². The molecule has 2 amide bonds. The second kappa shape index (κ2) is 7.32. The summed E-state index contributed by atoms with van der Waals surface area (Å²) in [6, 6.07) is 5.93. The Morgan fingerprint density at radius 2 is 2.04 bits per heavy atom. The number of nitrogens with one attached hydrogen (secondary N) is 1. The lowest BCUT2D eigenvalue weighted by atomic mass is 10.0. The largest absolute Gasteiger partial charge is 0.471 e. The van der Waals surface area contributed by atoms with Crippen LogP contribution in [0.5, 0.6) is 0 Å². The predicted molar refractivity (Wildman–Crippen MR) is 87.2 cm³/mol. The molecule has 0 saturated carbocycles. The summed E-state index contributed by atoms with van der Waals surface area (Å²) in [4.78, 5) is 17.4.